The van der Waals surface area contributed by atoms with Gasteiger partial charge in [0.2, 0.25) is 0 Å². The van der Waals surface area contributed by atoms with Gasteiger partial charge in [0.1, 0.15) is 11.3 Å². The highest BCUT2D eigenvalue weighted by molar-refractivity contribution is 9.10. The van der Waals surface area contributed by atoms with Crippen LogP contribution in [0.1, 0.15) is 16.8 Å². The highest BCUT2D eigenvalue weighted by Gasteiger charge is 2.09. The second-order valence-corrected chi connectivity index (χ2v) is 4.84. The molecule has 1 heterocycles. The van der Waals surface area contributed by atoms with Crippen LogP contribution >= 0.6 is 15.9 Å². The monoisotopic (exact) mass is 324 g/mol. The summed E-state index contributed by atoms with van der Waals surface area (Å²) in [7, 11) is 0. The van der Waals surface area contributed by atoms with Crippen molar-refractivity contribution in [1.82, 2.24) is 9.78 Å². The predicted octanol–water partition coefficient (Wildman–Crippen LogP) is 2.81. The van der Waals surface area contributed by atoms with Gasteiger partial charge in [0.25, 0.3) is 0 Å². The predicted molar refractivity (Wildman–Crippen MR) is 73.4 cm³/mol. The molecule has 1 N–H and O–H groups in total. The van der Waals surface area contributed by atoms with Crippen LogP contribution in [0.25, 0.3) is 0 Å². The van der Waals surface area contributed by atoms with Gasteiger partial charge < -0.3 is 9.84 Å². The molecule has 0 atom stereocenters. The van der Waals surface area contributed by atoms with E-state index in [1.807, 2.05) is 6.20 Å². The molecule has 0 fully saturated rings. The van der Waals surface area contributed by atoms with Crippen molar-refractivity contribution in [1.29, 1.82) is 0 Å². The van der Waals surface area contributed by atoms with E-state index in [1.54, 1.807) is 29.1 Å². The average molecular weight is 325 g/mol. The number of benzene rings is 1. The maximum absolute atomic E-state index is 11.0. The zero-order valence-electron chi connectivity index (χ0n) is 10.1. The van der Waals surface area contributed by atoms with E-state index in [9.17, 15) is 4.79 Å². The van der Waals surface area contributed by atoms with Crippen LogP contribution in [0.3, 0.4) is 0 Å². The van der Waals surface area contributed by atoms with Gasteiger partial charge in [-0.3, -0.25) is 4.68 Å². The third-order valence-electron chi connectivity index (χ3n) is 2.51. The second-order valence-electron chi connectivity index (χ2n) is 3.92. The van der Waals surface area contributed by atoms with E-state index >= 15 is 0 Å². The van der Waals surface area contributed by atoms with Crippen molar-refractivity contribution >= 4 is 21.9 Å². The highest BCUT2D eigenvalue weighted by atomic mass is 79.9. The molecule has 0 radical (unpaired) electrons. The first kappa shape index (κ1) is 13.6. The number of para-hydroxylation sites is 1. The van der Waals surface area contributed by atoms with Crippen LogP contribution in [0.4, 0.5) is 0 Å². The Hall–Kier alpha value is -1.82. The largest absolute Gasteiger partial charge is 0.493 e. The number of aromatic carboxylic acids is 1. The van der Waals surface area contributed by atoms with Gasteiger partial charge in [-0.1, -0.05) is 12.1 Å². The molecule has 1 aromatic carbocycles. The van der Waals surface area contributed by atoms with Gasteiger partial charge in [-0.25, -0.2) is 4.79 Å². The van der Waals surface area contributed by atoms with Crippen molar-refractivity contribution in [2.45, 2.75) is 13.0 Å². The smallest absolute Gasteiger partial charge is 0.339 e. The van der Waals surface area contributed by atoms with E-state index < -0.39 is 5.97 Å². The summed E-state index contributed by atoms with van der Waals surface area (Å²) in [4.78, 5) is 11.0. The minimum Gasteiger partial charge on any atom is -0.493 e. The Morgan fingerprint density at radius 3 is 2.89 bits per heavy atom. The van der Waals surface area contributed by atoms with Crippen molar-refractivity contribution in [3.63, 3.8) is 0 Å². The molecule has 0 unspecified atom stereocenters. The third kappa shape index (κ3) is 3.82. The zero-order chi connectivity index (χ0) is 13.7. The van der Waals surface area contributed by atoms with Crippen molar-refractivity contribution in [2.24, 2.45) is 0 Å². The summed E-state index contributed by atoms with van der Waals surface area (Å²) >= 11 is 3.32. The van der Waals surface area contributed by atoms with E-state index in [0.29, 0.717) is 12.4 Å². The molecule has 2 aromatic rings. The summed E-state index contributed by atoms with van der Waals surface area (Å²) in [5.74, 6) is -0.580. The molecular formula is C13H13BrN2O3. The molecule has 0 saturated carbocycles. The molecule has 2 rings (SSSR count). The SMILES string of the molecule is O=C(O)c1ccccc1OCCCn1cc(Br)cn1. The summed E-state index contributed by atoms with van der Waals surface area (Å²) in [5, 5.41) is 13.1. The van der Waals surface area contributed by atoms with Gasteiger partial charge in [0.05, 0.1) is 17.3 Å². The van der Waals surface area contributed by atoms with Crippen molar-refractivity contribution < 1.29 is 14.6 Å². The molecule has 19 heavy (non-hydrogen) atoms. The minimum atomic E-state index is -0.980. The van der Waals surface area contributed by atoms with Gasteiger partial charge in [0, 0.05) is 19.2 Å². The number of rotatable bonds is 6. The Bertz CT molecular complexity index is 569. The Kier molecular flexibility index (Phi) is 4.57. The van der Waals surface area contributed by atoms with E-state index in [2.05, 4.69) is 21.0 Å². The van der Waals surface area contributed by atoms with E-state index in [1.165, 1.54) is 6.07 Å². The molecule has 100 valence electrons. The van der Waals surface area contributed by atoms with Gasteiger partial charge >= 0.3 is 5.97 Å². The molecule has 1 aromatic heterocycles. The summed E-state index contributed by atoms with van der Waals surface area (Å²) in [6.45, 7) is 1.17. The van der Waals surface area contributed by atoms with Crippen molar-refractivity contribution in [3.05, 3.63) is 46.7 Å². The molecule has 0 spiro atoms. The summed E-state index contributed by atoms with van der Waals surface area (Å²) < 4.78 is 8.23. The lowest BCUT2D eigenvalue weighted by molar-refractivity contribution is 0.0692. The first-order valence-electron chi connectivity index (χ1n) is 5.80. The standard InChI is InChI=1S/C13H13BrN2O3/c14-10-8-15-16(9-10)6-3-7-19-12-5-2-1-4-11(12)13(17)18/h1-2,4-5,8-9H,3,6-7H2,(H,17,18). The number of ether oxygens (including phenoxy) is 1. The third-order valence-corrected chi connectivity index (χ3v) is 2.92. The van der Waals surface area contributed by atoms with Gasteiger partial charge in [-0.15, -0.1) is 0 Å². The van der Waals surface area contributed by atoms with Crippen molar-refractivity contribution in [3.8, 4) is 5.75 Å². The number of aromatic nitrogens is 2. The lowest BCUT2D eigenvalue weighted by Crippen LogP contribution is -2.07. The first-order valence-corrected chi connectivity index (χ1v) is 6.59. The molecule has 0 amide bonds. The number of hydrogen-bond donors (Lipinski definition) is 1. The molecule has 0 aliphatic heterocycles. The van der Waals surface area contributed by atoms with Crippen LogP contribution in [0.5, 0.6) is 5.75 Å². The molecule has 6 heteroatoms. The molecular weight excluding hydrogens is 312 g/mol. The van der Waals surface area contributed by atoms with Crippen LogP contribution < -0.4 is 4.74 Å². The number of carboxylic acid groups (broad SMARTS) is 1. The maximum Gasteiger partial charge on any atom is 0.339 e. The molecule has 0 bridgehead atoms. The number of carboxylic acids is 1. The first-order chi connectivity index (χ1) is 9.16. The normalized spacial score (nSPS) is 10.4. The van der Waals surface area contributed by atoms with Crippen LogP contribution in [-0.2, 0) is 6.54 Å². The van der Waals surface area contributed by atoms with Crippen LogP contribution in [0.15, 0.2) is 41.1 Å². The number of halogens is 1. The van der Waals surface area contributed by atoms with Gasteiger partial charge in [-0.2, -0.15) is 5.10 Å². The topological polar surface area (TPSA) is 64.3 Å². The molecule has 0 aliphatic carbocycles. The Balaban J connectivity index is 1.84. The van der Waals surface area contributed by atoms with E-state index in [4.69, 9.17) is 9.84 Å². The summed E-state index contributed by atoms with van der Waals surface area (Å²) in [6.07, 6.45) is 4.36. The van der Waals surface area contributed by atoms with Gasteiger partial charge in [-0.05, 0) is 28.1 Å². The van der Waals surface area contributed by atoms with Gasteiger partial charge in [0.15, 0.2) is 0 Å². The lowest BCUT2D eigenvalue weighted by atomic mass is 10.2. The molecule has 0 saturated heterocycles. The van der Waals surface area contributed by atoms with E-state index in [-0.39, 0.29) is 5.56 Å². The van der Waals surface area contributed by atoms with Crippen LogP contribution in [0.2, 0.25) is 0 Å². The Morgan fingerprint density at radius 1 is 1.42 bits per heavy atom. The fourth-order valence-electron chi connectivity index (χ4n) is 1.64. The molecule has 0 aliphatic rings. The van der Waals surface area contributed by atoms with Crippen LogP contribution in [-0.4, -0.2) is 27.5 Å². The lowest BCUT2D eigenvalue weighted by Gasteiger charge is -2.08. The molecule has 5 nitrogen and oxygen atoms in total. The quantitative estimate of drug-likeness (QED) is 0.830. The minimum absolute atomic E-state index is 0.185. The van der Waals surface area contributed by atoms with E-state index in [0.717, 1.165) is 17.4 Å². The highest BCUT2D eigenvalue weighted by Crippen LogP contribution is 2.18. The number of hydrogen-bond acceptors (Lipinski definition) is 3. The maximum atomic E-state index is 11.0. The Labute approximate surface area is 118 Å². The summed E-state index contributed by atoms with van der Waals surface area (Å²) in [6, 6.07) is 6.63. The number of nitrogens with zero attached hydrogens (tertiary/aromatic N) is 2. The second kappa shape index (κ2) is 6.38. The average Bonchev–Trinajstić information content (AvgIpc) is 2.81. The summed E-state index contributed by atoms with van der Waals surface area (Å²) in [5.41, 5.74) is 0.185. The fourth-order valence-corrected chi connectivity index (χ4v) is 1.97. The van der Waals surface area contributed by atoms with Crippen LogP contribution in [0, 0.1) is 0 Å². The Morgan fingerprint density at radius 2 is 2.21 bits per heavy atom. The fraction of sp³-hybridized carbons (Fsp3) is 0.231. The number of carbonyl (C=O) groups is 1. The number of aryl methyl sites for hydroxylation is 1. The zero-order valence-corrected chi connectivity index (χ0v) is 11.7. The van der Waals surface area contributed by atoms with Crippen molar-refractivity contribution in [2.75, 3.05) is 6.61 Å².